The first-order valence-electron chi connectivity index (χ1n) is 9.69. The number of rotatable bonds is 7. The third-order valence-electron chi connectivity index (χ3n) is 4.54. The molecular weight excluding hydrogens is 415 g/mol. The average Bonchev–Trinajstić information content (AvgIpc) is 3.01. The fourth-order valence-corrected chi connectivity index (χ4v) is 4.08. The lowest BCUT2D eigenvalue weighted by Crippen LogP contribution is -2.32. The van der Waals surface area contributed by atoms with Crippen LogP contribution in [0, 0.1) is 5.82 Å². The number of amides is 2. The monoisotopic (exact) mass is 434 g/mol. The third-order valence-corrected chi connectivity index (χ3v) is 5.63. The van der Waals surface area contributed by atoms with Gasteiger partial charge in [-0.05, 0) is 55.5 Å². The van der Waals surface area contributed by atoms with Gasteiger partial charge in [0.05, 0.1) is 18.0 Å². The molecule has 1 heterocycles. The lowest BCUT2D eigenvalue weighted by Gasteiger charge is -2.16. The van der Waals surface area contributed by atoms with E-state index < -0.39 is 17.6 Å². The number of carbonyl (C=O) groups is 2. The summed E-state index contributed by atoms with van der Waals surface area (Å²) in [7, 11) is 0. The fraction of sp³-hybridized carbons (Fsp3) is 0.0833. The molecule has 0 fully saturated rings. The van der Waals surface area contributed by atoms with Crippen LogP contribution in [-0.2, 0) is 9.59 Å². The first-order chi connectivity index (χ1) is 15.1. The molecule has 4 rings (SSSR count). The van der Waals surface area contributed by atoms with Crippen molar-refractivity contribution in [1.82, 2.24) is 0 Å². The summed E-state index contributed by atoms with van der Waals surface area (Å²) >= 11 is 1.20. The lowest BCUT2D eigenvalue weighted by atomic mass is 10.2. The Morgan fingerprint density at radius 2 is 1.58 bits per heavy atom. The number of ether oxygens (including phenoxy) is 1. The Labute approximate surface area is 183 Å². The van der Waals surface area contributed by atoms with Gasteiger partial charge in [0, 0.05) is 4.90 Å². The summed E-state index contributed by atoms with van der Waals surface area (Å²) in [5, 5.41) is 3.10. The second-order valence-electron chi connectivity index (χ2n) is 6.60. The molecule has 156 valence electrons. The molecular formula is C24H19FN2O3S. The number of carbonyl (C=O) groups excluding carboxylic acids is 2. The molecule has 3 aromatic carbocycles. The van der Waals surface area contributed by atoms with Gasteiger partial charge in [0.2, 0.25) is 0 Å². The van der Waals surface area contributed by atoms with Crippen molar-refractivity contribution in [2.45, 2.75) is 11.8 Å². The van der Waals surface area contributed by atoms with E-state index in [0.717, 1.165) is 9.80 Å². The highest BCUT2D eigenvalue weighted by molar-refractivity contribution is 8.04. The maximum atomic E-state index is 13.4. The van der Waals surface area contributed by atoms with Crippen LogP contribution in [0.4, 0.5) is 15.8 Å². The topological polar surface area (TPSA) is 58.6 Å². The molecule has 2 amide bonds. The van der Waals surface area contributed by atoms with Crippen LogP contribution in [0.2, 0.25) is 0 Å². The minimum atomic E-state index is -0.513. The highest BCUT2D eigenvalue weighted by Crippen LogP contribution is 2.38. The van der Waals surface area contributed by atoms with E-state index in [-0.39, 0.29) is 10.6 Å². The predicted octanol–water partition coefficient (Wildman–Crippen LogP) is 5.21. The molecule has 31 heavy (non-hydrogen) atoms. The van der Waals surface area contributed by atoms with Gasteiger partial charge in [-0.15, -0.1) is 0 Å². The molecule has 0 saturated heterocycles. The second kappa shape index (κ2) is 9.06. The Morgan fingerprint density at radius 3 is 2.29 bits per heavy atom. The zero-order valence-electron chi connectivity index (χ0n) is 16.7. The van der Waals surface area contributed by atoms with E-state index in [9.17, 15) is 14.0 Å². The summed E-state index contributed by atoms with van der Waals surface area (Å²) in [5.41, 5.74) is 1.03. The van der Waals surface area contributed by atoms with Gasteiger partial charge in [-0.25, -0.2) is 9.29 Å². The van der Waals surface area contributed by atoms with Crippen molar-refractivity contribution in [2.75, 3.05) is 16.8 Å². The Kier molecular flexibility index (Phi) is 6.04. The Hall–Kier alpha value is -3.58. The Morgan fingerprint density at radius 1 is 0.903 bits per heavy atom. The first-order valence-corrected chi connectivity index (χ1v) is 10.5. The van der Waals surface area contributed by atoms with Gasteiger partial charge in [0.15, 0.2) is 0 Å². The first kappa shape index (κ1) is 20.7. The van der Waals surface area contributed by atoms with Gasteiger partial charge < -0.3 is 10.1 Å². The maximum absolute atomic E-state index is 13.4. The van der Waals surface area contributed by atoms with Crippen molar-refractivity contribution < 1.29 is 18.7 Å². The number of nitrogens with zero attached hydrogens (tertiary/aromatic N) is 1. The standard InChI is InChI=1S/C24H19FN2O3S/c1-2-30-20-11-7-6-10-19(20)26-21-22(31-18-8-4-3-5-9-18)24(29)27(23(21)28)17-14-12-16(25)13-15-17/h3-15,26H,2H2,1H3. The van der Waals surface area contributed by atoms with E-state index in [1.807, 2.05) is 49.4 Å². The second-order valence-corrected chi connectivity index (χ2v) is 7.68. The van der Waals surface area contributed by atoms with Crippen LogP contribution in [-0.4, -0.2) is 18.4 Å². The summed E-state index contributed by atoms with van der Waals surface area (Å²) < 4.78 is 19.0. The Bertz CT molecular complexity index is 1150. The van der Waals surface area contributed by atoms with E-state index in [4.69, 9.17) is 4.74 Å². The molecule has 5 nitrogen and oxygen atoms in total. The molecule has 1 aliphatic heterocycles. The van der Waals surface area contributed by atoms with E-state index in [0.29, 0.717) is 23.7 Å². The minimum absolute atomic E-state index is 0.148. The molecule has 1 N–H and O–H groups in total. The highest BCUT2D eigenvalue weighted by atomic mass is 32.2. The smallest absolute Gasteiger partial charge is 0.283 e. The molecule has 0 bridgehead atoms. The number of nitrogens with one attached hydrogen (secondary N) is 1. The molecule has 0 unspecified atom stereocenters. The van der Waals surface area contributed by atoms with Gasteiger partial charge in [0.1, 0.15) is 22.2 Å². The van der Waals surface area contributed by atoms with Crippen molar-refractivity contribution >= 4 is 35.0 Å². The summed E-state index contributed by atoms with van der Waals surface area (Å²) in [6.07, 6.45) is 0. The van der Waals surface area contributed by atoms with Gasteiger partial charge in [-0.3, -0.25) is 9.59 Å². The molecule has 0 aliphatic carbocycles. The highest BCUT2D eigenvalue weighted by Gasteiger charge is 2.40. The van der Waals surface area contributed by atoms with E-state index in [1.165, 1.54) is 36.0 Å². The van der Waals surface area contributed by atoms with Crippen LogP contribution in [0.5, 0.6) is 5.75 Å². The average molecular weight is 434 g/mol. The number of hydrogen-bond acceptors (Lipinski definition) is 5. The molecule has 0 radical (unpaired) electrons. The van der Waals surface area contributed by atoms with Crippen LogP contribution < -0.4 is 15.0 Å². The van der Waals surface area contributed by atoms with Crippen LogP contribution in [0.1, 0.15) is 6.92 Å². The van der Waals surface area contributed by atoms with Gasteiger partial charge in [-0.2, -0.15) is 0 Å². The number of imide groups is 1. The molecule has 0 saturated carbocycles. The summed E-state index contributed by atoms with van der Waals surface area (Å²) in [5.74, 6) is -0.857. The largest absolute Gasteiger partial charge is 0.492 e. The quantitative estimate of drug-likeness (QED) is 0.517. The maximum Gasteiger partial charge on any atom is 0.283 e. The molecule has 7 heteroatoms. The van der Waals surface area contributed by atoms with Crippen molar-refractivity contribution in [2.24, 2.45) is 0 Å². The zero-order chi connectivity index (χ0) is 21.8. The molecule has 0 atom stereocenters. The van der Waals surface area contributed by atoms with Gasteiger partial charge in [0.25, 0.3) is 11.8 Å². The van der Waals surface area contributed by atoms with Gasteiger partial charge in [-0.1, -0.05) is 42.1 Å². The van der Waals surface area contributed by atoms with Crippen LogP contribution >= 0.6 is 11.8 Å². The van der Waals surface area contributed by atoms with E-state index in [2.05, 4.69) is 5.32 Å². The lowest BCUT2D eigenvalue weighted by molar-refractivity contribution is -0.120. The number of halogens is 1. The number of para-hydroxylation sites is 2. The van der Waals surface area contributed by atoms with Crippen molar-refractivity contribution in [3.05, 3.63) is 95.3 Å². The molecule has 3 aromatic rings. The minimum Gasteiger partial charge on any atom is -0.492 e. The van der Waals surface area contributed by atoms with Crippen LogP contribution in [0.3, 0.4) is 0 Å². The fourth-order valence-electron chi connectivity index (χ4n) is 3.13. The number of benzene rings is 3. The summed E-state index contributed by atoms with van der Waals surface area (Å²) in [6, 6.07) is 21.8. The molecule has 1 aliphatic rings. The van der Waals surface area contributed by atoms with E-state index in [1.54, 1.807) is 12.1 Å². The summed E-state index contributed by atoms with van der Waals surface area (Å²) in [6.45, 7) is 2.32. The van der Waals surface area contributed by atoms with Gasteiger partial charge >= 0.3 is 0 Å². The predicted molar refractivity (Wildman–Crippen MR) is 119 cm³/mol. The van der Waals surface area contributed by atoms with Crippen molar-refractivity contribution in [3.63, 3.8) is 0 Å². The number of hydrogen-bond donors (Lipinski definition) is 1. The molecule has 0 aromatic heterocycles. The number of anilines is 2. The van der Waals surface area contributed by atoms with Crippen molar-refractivity contribution in [1.29, 1.82) is 0 Å². The van der Waals surface area contributed by atoms with Crippen LogP contribution in [0.15, 0.2) is 94.4 Å². The van der Waals surface area contributed by atoms with Crippen LogP contribution in [0.25, 0.3) is 0 Å². The third kappa shape index (κ3) is 4.32. The summed E-state index contributed by atoms with van der Waals surface area (Å²) in [4.78, 5) is 28.7. The molecule has 0 spiro atoms. The SMILES string of the molecule is CCOc1ccccc1NC1=C(Sc2ccccc2)C(=O)N(c2ccc(F)cc2)C1=O. The number of thioether (sulfide) groups is 1. The van der Waals surface area contributed by atoms with E-state index >= 15 is 0 Å². The zero-order valence-corrected chi connectivity index (χ0v) is 17.5. The Balaban J connectivity index is 1.75. The normalized spacial score (nSPS) is 13.7. The van der Waals surface area contributed by atoms with Crippen molar-refractivity contribution in [3.8, 4) is 5.75 Å².